The average Bonchev–Trinajstić information content (AvgIpc) is 3.27. The Kier molecular flexibility index (Phi) is 4.93. The largest absolute Gasteiger partial charge is 0.416 e. The van der Waals surface area contributed by atoms with Crippen LogP contribution in [0.1, 0.15) is 52.6 Å². The SMILES string of the molecule is CC1CC(c2cc(F)cc(N3Cc4c(cc(Br)cc4C(F)(F)F)C3=O)c2)(c2nncn2C)C1. The number of rotatable bonds is 3. The molecule has 0 bridgehead atoms. The Labute approximate surface area is 195 Å². The van der Waals surface area contributed by atoms with Gasteiger partial charge in [-0.15, -0.1) is 10.2 Å². The van der Waals surface area contributed by atoms with E-state index in [9.17, 15) is 22.4 Å². The number of hydrogen-bond acceptors (Lipinski definition) is 3. The average molecular weight is 523 g/mol. The number of aryl methyl sites for hydroxylation is 1. The van der Waals surface area contributed by atoms with Crippen LogP contribution in [0.15, 0.2) is 41.1 Å². The van der Waals surface area contributed by atoms with Gasteiger partial charge in [-0.1, -0.05) is 22.9 Å². The molecule has 2 aliphatic rings. The van der Waals surface area contributed by atoms with Crippen molar-refractivity contribution in [2.75, 3.05) is 4.90 Å². The number of benzene rings is 2. The van der Waals surface area contributed by atoms with Crippen molar-refractivity contribution in [2.45, 2.75) is 37.9 Å². The maximum atomic E-state index is 14.8. The summed E-state index contributed by atoms with van der Waals surface area (Å²) in [7, 11) is 1.82. The van der Waals surface area contributed by atoms with Crippen LogP contribution in [0.5, 0.6) is 0 Å². The smallest absolute Gasteiger partial charge is 0.320 e. The number of aromatic nitrogens is 3. The minimum atomic E-state index is -4.62. The first-order chi connectivity index (χ1) is 15.5. The molecule has 10 heteroatoms. The number of carbonyl (C=O) groups excluding carboxylic acids is 1. The lowest BCUT2D eigenvalue weighted by atomic mass is 9.58. The lowest BCUT2D eigenvalue weighted by molar-refractivity contribution is -0.138. The van der Waals surface area contributed by atoms with Crippen molar-refractivity contribution in [1.82, 2.24) is 14.8 Å². The van der Waals surface area contributed by atoms with E-state index in [1.807, 2.05) is 7.05 Å². The lowest BCUT2D eigenvalue weighted by Crippen LogP contribution is -2.43. The third-order valence-electron chi connectivity index (χ3n) is 6.59. The van der Waals surface area contributed by atoms with E-state index >= 15 is 0 Å². The molecule has 5 nitrogen and oxygen atoms in total. The zero-order valence-electron chi connectivity index (χ0n) is 17.7. The molecule has 1 aliphatic carbocycles. The van der Waals surface area contributed by atoms with E-state index in [0.29, 0.717) is 17.3 Å². The topological polar surface area (TPSA) is 51.0 Å². The lowest BCUT2D eigenvalue weighted by Gasteiger charge is -2.46. The van der Waals surface area contributed by atoms with E-state index in [-0.39, 0.29) is 27.8 Å². The summed E-state index contributed by atoms with van der Waals surface area (Å²) in [6.07, 6.45) is -1.59. The predicted octanol–water partition coefficient (Wildman–Crippen LogP) is 5.61. The first-order valence-corrected chi connectivity index (χ1v) is 11.2. The Balaban J connectivity index is 1.60. The molecule has 3 aromatic rings. The van der Waals surface area contributed by atoms with E-state index in [4.69, 9.17) is 0 Å². The minimum Gasteiger partial charge on any atom is -0.320 e. The minimum absolute atomic E-state index is 0.0391. The fourth-order valence-corrected chi connectivity index (χ4v) is 5.69. The summed E-state index contributed by atoms with van der Waals surface area (Å²) < 4.78 is 57.7. The Bertz CT molecular complexity index is 1280. The van der Waals surface area contributed by atoms with Gasteiger partial charge in [-0.2, -0.15) is 13.2 Å². The quantitative estimate of drug-likeness (QED) is 0.420. The van der Waals surface area contributed by atoms with Crippen molar-refractivity contribution in [3.05, 3.63) is 75.0 Å². The Hall–Kier alpha value is -2.75. The standard InChI is InChI=1S/C23H19BrF4N4O/c1-12-8-22(9-12,21-30-29-11-31(21)2)13-3-15(25)7-16(4-13)32-10-18-17(20(32)33)5-14(24)6-19(18)23(26,27)28/h3-7,11-12H,8-10H2,1-2H3. The second kappa shape index (κ2) is 7.38. The first-order valence-electron chi connectivity index (χ1n) is 10.4. The number of hydrogen-bond donors (Lipinski definition) is 0. The molecule has 172 valence electrons. The predicted molar refractivity (Wildman–Crippen MR) is 116 cm³/mol. The van der Waals surface area contributed by atoms with Gasteiger partial charge in [0, 0.05) is 22.8 Å². The molecule has 0 unspecified atom stereocenters. The molecule has 1 saturated carbocycles. The molecule has 0 saturated heterocycles. The molecule has 1 aliphatic heterocycles. The summed E-state index contributed by atoms with van der Waals surface area (Å²) in [5.41, 5.74) is -0.742. The van der Waals surface area contributed by atoms with Gasteiger partial charge in [0.15, 0.2) is 0 Å². The van der Waals surface area contributed by atoms with Crippen molar-refractivity contribution in [1.29, 1.82) is 0 Å². The molecule has 0 N–H and O–H groups in total. The van der Waals surface area contributed by atoms with Crippen LogP contribution in [0, 0.1) is 11.7 Å². The van der Waals surface area contributed by atoms with E-state index in [1.165, 1.54) is 23.1 Å². The highest BCUT2D eigenvalue weighted by atomic mass is 79.9. The maximum Gasteiger partial charge on any atom is 0.416 e. The van der Waals surface area contributed by atoms with E-state index in [2.05, 4.69) is 33.1 Å². The van der Waals surface area contributed by atoms with Crippen molar-refractivity contribution >= 4 is 27.5 Å². The highest BCUT2D eigenvalue weighted by Crippen LogP contribution is 2.52. The van der Waals surface area contributed by atoms with Crippen LogP contribution in [0.4, 0.5) is 23.2 Å². The molecule has 1 aromatic heterocycles. The summed E-state index contributed by atoms with van der Waals surface area (Å²) in [5, 5.41) is 8.22. The van der Waals surface area contributed by atoms with E-state index < -0.39 is 28.9 Å². The number of carbonyl (C=O) groups is 1. The highest BCUT2D eigenvalue weighted by molar-refractivity contribution is 9.10. The zero-order chi connectivity index (χ0) is 23.7. The number of alkyl halides is 3. The number of nitrogens with zero attached hydrogens (tertiary/aromatic N) is 4. The van der Waals surface area contributed by atoms with Crippen molar-refractivity contribution in [3.63, 3.8) is 0 Å². The van der Waals surface area contributed by atoms with Gasteiger partial charge in [0.2, 0.25) is 0 Å². The van der Waals surface area contributed by atoms with Crippen LogP contribution in [-0.2, 0) is 25.2 Å². The molecule has 0 atom stereocenters. The van der Waals surface area contributed by atoms with Gasteiger partial charge in [-0.3, -0.25) is 4.79 Å². The normalized spacial score (nSPS) is 22.5. The van der Waals surface area contributed by atoms with Crippen LogP contribution in [0.3, 0.4) is 0 Å². The Morgan fingerprint density at radius 1 is 1.15 bits per heavy atom. The van der Waals surface area contributed by atoms with Crippen LogP contribution in [0.25, 0.3) is 0 Å². The van der Waals surface area contributed by atoms with Gasteiger partial charge in [-0.25, -0.2) is 4.39 Å². The van der Waals surface area contributed by atoms with Crippen LogP contribution >= 0.6 is 15.9 Å². The molecule has 2 heterocycles. The monoisotopic (exact) mass is 522 g/mol. The van der Waals surface area contributed by atoms with Gasteiger partial charge in [0.1, 0.15) is 18.0 Å². The van der Waals surface area contributed by atoms with Crippen LogP contribution < -0.4 is 4.90 Å². The molecular formula is C23H19BrF4N4O. The second-order valence-electron chi connectivity index (χ2n) is 8.93. The zero-order valence-corrected chi connectivity index (χ0v) is 19.3. The second-order valence-corrected chi connectivity index (χ2v) is 9.84. The fourth-order valence-electron chi connectivity index (χ4n) is 5.23. The van der Waals surface area contributed by atoms with Gasteiger partial charge >= 0.3 is 6.18 Å². The molecule has 0 radical (unpaired) electrons. The van der Waals surface area contributed by atoms with Crippen LogP contribution in [-0.4, -0.2) is 20.7 Å². The number of halogens is 5. The number of fused-ring (bicyclic) bond motifs is 1. The van der Waals surface area contributed by atoms with Crippen LogP contribution in [0.2, 0.25) is 0 Å². The summed E-state index contributed by atoms with van der Waals surface area (Å²) in [4.78, 5) is 14.3. The molecule has 5 rings (SSSR count). The summed E-state index contributed by atoms with van der Waals surface area (Å²) in [6, 6.07) is 6.63. The number of amides is 1. The summed E-state index contributed by atoms with van der Waals surface area (Å²) in [5.74, 6) is -0.0816. The molecular weight excluding hydrogens is 504 g/mol. The summed E-state index contributed by atoms with van der Waals surface area (Å²) in [6.45, 7) is 1.80. The van der Waals surface area contributed by atoms with Gasteiger partial charge < -0.3 is 9.47 Å². The molecule has 1 fully saturated rings. The fraction of sp³-hybridized carbons (Fsp3) is 0.348. The van der Waals surface area contributed by atoms with Gasteiger partial charge in [0.25, 0.3) is 5.91 Å². The highest BCUT2D eigenvalue weighted by Gasteiger charge is 2.49. The van der Waals surface area contributed by atoms with Gasteiger partial charge in [-0.05, 0) is 60.2 Å². The third-order valence-corrected chi connectivity index (χ3v) is 7.05. The molecule has 2 aromatic carbocycles. The van der Waals surface area contributed by atoms with E-state index in [0.717, 1.165) is 18.9 Å². The maximum absolute atomic E-state index is 14.8. The molecule has 1 amide bonds. The summed E-state index contributed by atoms with van der Waals surface area (Å²) >= 11 is 3.07. The molecule has 0 spiro atoms. The van der Waals surface area contributed by atoms with Crippen molar-refractivity contribution in [2.24, 2.45) is 13.0 Å². The van der Waals surface area contributed by atoms with Crippen molar-refractivity contribution < 1.29 is 22.4 Å². The molecule has 33 heavy (non-hydrogen) atoms. The Morgan fingerprint density at radius 2 is 1.88 bits per heavy atom. The number of anilines is 1. The van der Waals surface area contributed by atoms with Gasteiger partial charge in [0.05, 0.1) is 17.5 Å². The first kappa shape index (κ1) is 22.1. The Morgan fingerprint density at radius 3 is 2.48 bits per heavy atom. The third kappa shape index (κ3) is 3.46. The van der Waals surface area contributed by atoms with E-state index in [1.54, 1.807) is 17.0 Å². The van der Waals surface area contributed by atoms with Crippen molar-refractivity contribution in [3.8, 4) is 0 Å².